The maximum atomic E-state index is 11.8. The largest absolute Gasteiger partial charge is 0.469 e. The third kappa shape index (κ3) is 4.25. The number of carbonyl (C=O) groups excluding carboxylic acids is 1. The van der Waals surface area contributed by atoms with Crippen LogP contribution in [0.2, 0.25) is 0 Å². The summed E-state index contributed by atoms with van der Waals surface area (Å²) < 4.78 is 35.0. The molecule has 1 heterocycles. The highest BCUT2D eigenvalue weighted by atomic mass is 32.2. The number of hydrogen-bond acceptors (Lipinski definition) is 5. The maximum absolute atomic E-state index is 11.8. The molecule has 1 fully saturated rings. The molecule has 7 heteroatoms. The van der Waals surface area contributed by atoms with Gasteiger partial charge < -0.3 is 9.47 Å². The standard InChI is InChI=1S/C10H19NO5S/c1-3-6-17(13,14)11-4-5-16-9(8-11)7-10(12)15-2/h9H,3-8H2,1-2H3. The lowest BCUT2D eigenvalue weighted by Gasteiger charge is -2.31. The Morgan fingerprint density at radius 1 is 1.53 bits per heavy atom. The summed E-state index contributed by atoms with van der Waals surface area (Å²) in [5, 5.41) is 0. The second kappa shape index (κ2) is 6.32. The lowest BCUT2D eigenvalue weighted by Crippen LogP contribution is -2.47. The van der Waals surface area contributed by atoms with Gasteiger partial charge in [-0.1, -0.05) is 6.92 Å². The highest BCUT2D eigenvalue weighted by Gasteiger charge is 2.30. The third-order valence-electron chi connectivity index (χ3n) is 2.58. The monoisotopic (exact) mass is 265 g/mol. The van der Waals surface area contributed by atoms with Crippen LogP contribution in [-0.2, 0) is 24.3 Å². The van der Waals surface area contributed by atoms with Gasteiger partial charge in [-0.2, -0.15) is 4.31 Å². The quantitative estimate of drug-likeness (QED) is 0.654. The van der Waals surface area contributed by atoms with Crippen LogP contribution in [0.4, 0.5) is 0 Å². The lowest BCUT2D eigenvalue weighted by molar-refractivity contribution is -0.145. The van der Waals surface area contributed by atoms with Gasteiger partial charge in [0.25, 0.3) is 0 Å². The molecule has 0 aromatic carbocycles. The van der Waals surface area contributed by atoms with Gasteiger partial charge in [-0.05, 0) is 6.42 Å². The van der Waals surface area contributed by atoms with Crippen molar-refractivity contribution in [2.75, 3.05) is 32.6 Å². The predicted molar refractivity (Wildman–Crippen MR) is 62.0 cm³/mol. The van der Waals surface area contributed by atoms with Crippen molar-refractivity contribution in [3.63, 3.8) is 0 Å². The van der Waals surface area contributed by atoms with E-state index in [0.29, 0.717) is 19.6 Å². The first-order valence-electron chi connectivity index (χ1n) is 5.66. The topological polar surface area (TPSA) is 72.9 Å². The first kappa shape index (κ1) is 14.4. The summed E-state index contributed by atoms with van der Waals surface area (Å²) in [5.41, 5.74) is 0. The Balaban J connectivity index is 2.57. The van der Waals surface area contributed by atoms with E-state index in [1.807, 2.05) is 6.92 Å². The van der Waals surface area contributed by atoms with Crippen LogP contribution in [-0.4, -0.2) is 57.4 Å². The number of hydrogen-bond donors (Lipinski definition) is 0. The molecule has 0 saturated carbocycles. The fraction of sp³-hybridized carbons (Fsp3) is 0.900. The minimum atomic E-state index is -3.21. The van der Waals surface area contributed by atoms with Crippen molar-refractivity contribution in [3.8, 4) is 0 Å². The van der Waals surface area contributed by atoms with Crippen LogP contribution in [0.15, 0.2) is 0 Å². The van der Waals surface area contributed by atoms with Crippen molar-refractivity contribution in [1.29, 1.82) is 0 Å². The minimum Gasteiger partial charge on any atom is -0.469 e. The Kier molecular flexibility index (Phi) is 5.35. The van der Waals surface area contributed by atoms with Crippen LogP contribution in [0.25, 0.3) is 0 Å². The Labute approximate surface area is 102 Å². The number of morpholine rings is 1. The number of nitrogens with zero attached hydrogens (tertiary/aromatic N) is 1. The van der Waals surface area contributed by atoms with Crippen molar-refractivity contribution in [2.24, 2.45) is 0 Å². The molecule has 1 aliphatic heterocycles. The van der Waals surface area contributed by atoms with Crippen molar-refractivity contribution in [1.82, 2.24) is 4.31 Å². The molecule has 0 radical (unpaired) electrons. The summed E-state index contributed by atoms with van der Waals surface area (Å²) in [7, 11) is -1.91. The van der Waals surface area contributed by atoms with Gasteiger partial charge in [0.1, 0.15) is 0 Å². The van der Waals surface area contributed by atoms with E-state index in [2.05, 4.69) is 4.74 Å². The molecule has 0 aliphatic carbocycles. The Morgan fingerprint density at radius 2 is 2.24 bits per heavy atom. The van der Waals surface area contributed by atoms with E-state index in [1.54, 1.807) is 0 Å². The van der Waals surface area contributed by atoms with E-state index in [0.717, 1.165) is 0 Å². The Hall–Kier alpha value is -0.660. The zero-order valence-electron chi connectivity index (χ0n) is 10.2. The van der Waals surface area contributed by atoms with E-state index in [-0.39, 0.29) is 24.7 Å². The Morgan fingerprint density at radius 3 is 2.82 bits per heavy atom. The van der Waals surface area contributed by atoms with E-state index in [4.69, 9.17) is 4.74 Å². The molecule has 0 amide bonds. The number of sulfonamides is 1. The third-order valence-corrected chi connectivity index (χ3v) is 4.62. The van der Waals surface area contributed by atoms with Crippen molar-refractivity contribution in [2.45, 2.75) is 25.9 Å². The molecule has 17 heavy (non-hydrogen) atoms. The Bertz CT molecular complexity index is 354. The van der Waals surface area contributed by atoms with Gasteiger partial charge in [0.05, 0.1) is 32.0 Å². The molecule has 0 aromatic heterocycles. The van der Waals surface area contributed by atoms with Crippen LogP contribution < -0.4 is 0 Å². The van der Waals surface area contributed by atoms with E-state index in [9.17, 15) is 13.2 Å². The molecule has 0 N–H and O–H groups in total. The zero-order chi connectivity index (χ0) is 12.9. The molecule has 1 atom stereocenters. The number of rotatable bonds is 5. The molecular weight excluding hydrogens is 246 g/mol. The van der Waals surface area contributed by atoms with Gasteiger partial charge in [0.2, 0.25) is 10.0 Å². The fourth-order valence-electron chi connectivity index (χ4n) is 1.72. The molecule has 0 aromatic rings. The van der Waals surface area contributed by atoms with Crippen LogP contribution >= 0.6 is 0 Å². The van der Waals surface area contributed by atoms with E-state index in [1.165, 1.54) is 11.4 Å². The molecule has 1 aliphatic rings. The van der Waals surface area contributed by atoms with Gasteiger partial charge in [0.15, 0.2) is 0 Å². The number of ether oxygens (including phenoxy) is 2. The first-order valence-corrected chi connectivity index (χ1v) is 7.26. The van der Waals surface area contributed by atoms with E-state index >= 15 is 0 Å². The smallest absolute Gasteiger partial charge is 0.308 e. The molecule has 1 saturated heterocycles. The van der Waals surface area contributed by atoms with Gasteiger partial charge in [-0.3, -0.25) is 4.79 Å². The maximum Gasteiger partial charge on any atom is 0.308 e. The minimum absolute atomic E-state index is 0.0919. The fourth-order valence-corrected chi connectivity index (χ4v) is 3.24. The molecule has 1 unspecified atom stereocenters. The van der Waals surface area contributed by atoms with Crippen molar-refractivity contribution >= 4 is 16.0 Å². The normalized spacial score (nSPS) is 22.4. The van der Waals surface area contributed by atoms with E-state index < -0.39 is 16.1 Å². The molecule has 0 spiro atoms. The summed E-state index contributed by atoms with van der Waals surface area (Å²) in [6, 6.07) is 0. The highest BCUT2D eigenvalue weighted by Crippen LogP contribution is 2.14. The molecule has 100 valence electrons. The summed E-state index contributed by atoms with van der Waals surface area (Å²) in [6.07, 6.45) is 0.276. The van der Waals surface area contributed by atoms with Crippen molar-refractivity contribution in [3.05, 3.63) is 0 Å². The molecule has 6 nitrogen and oxygen atoms in total. The highest BCUT2D eigenvalue weighted by molar-refractivity contribution is 7.89. The van der Waals surface area contributed by atoms with Gasteiger partial charge in [-0.15, -0.1) is 0 Å². The van der Waals surface area contributed by atoms with Gasteiger partial charge in [0, 0.05) is 13.1 Å². The zero-order valence-corrected chi connectivity index (χ0v) is 11.0. The molecule has 1 rings (SSSR count). The summed E-state index contributed by atoms with van der Waals surface area (Å²) in [6.45, 7) is 2.74. The number of methoxy groups -OCH3 is 1. The molecule has 0 bridgehead atoms. The first-order chi connectivity index (χ1) is 7.99. The van der Waals surface area contributed by atoms with Crippen LogP contribution in [0.3, 0.4) is 0 Å². The number of carbonyl (C=O) groups is 1. The lowest BCUT2D eigenvalue weighted by atomic mass is 10.2. The molecular formula is C10H19NO5S. The van der Waals surface area contributed by atoms with Crippen LogP contribution in [0, 0.1) is 0 Å². The average molecular weight is 265 g/mol. The van der Waals surface area contributed by atoms with Crippen LogP contribution in [0.1, 0.15) is 19.8 Å². The van der Waals surface area contributed by atoms with Gasteiger partial charge >= 0.3 is 5.97 Å². The average Bonchev–Trinajstić information content (AvgIpc) is 2.29. The summed E-state index contributed by atoms with van der Waals surface area (Å²) in [5.74, 6) is -0.248. The second-order valence-corrected chi connectivity index (χ2v) is 6.04. The SMILES string of the molecule is CCCS(=O)(=O)N1CCOC(CC(=O)OC)C1. The van der Waals surface area contributed by atoms with Crippen molar-refractivity contribution < 1.29 is 22.7 Å². The van der Waals surface area contributed by atoms with Crippen LogP contribution in [0.5, 0.6) is 0 Å². The van der Waals surface area contributed by atoms with Gasteiger partial charge in [-0.25, -0.2) is 8.42 Å². The summed E-state index contributed by atoms with van der Waals surface area (Å²) in [4.78, 5) is 11.1. The predicted octanol–water partition coefficient (Wildman–Crippen LogP) is -0.00990. The number of esters is 1. The second-order valence-electron chi connectivity index (χ2n) is 3.95. The summed E-state index contributed by atoms with van der Waals surface area (Å²) >= 11 is 0.